The molecular weight excluding hydrogens is 453 g/mol. The monoisotopic (exact) mass is 469 g/mol. The van der Waals surface area contributed by atoms with Crippen LogP contribution < -0.4 is 11.3 Å². The second kappa shape index (κ2) is 7.86. The molecule has 168 valence electrons. The van der Waals surface area contributed by atoms with Crippen LogP contribution in [0.25, 0.3) is 21.2 Å². The first-order valence-electron chi connectivity index (χ1n) is 9.71. The number of halogens is 1. The number of carbonyl (C=O) groups is 1. The highest BCUT2D eigenvalue weighted by Crippen LogP contribution is 2.27. The van der Waals surface area contributed by atoms with Crippen LogP contribution in [0.15, 0.2) is 39.1 Å². The number of nitrogens with two attached hydrogens (primary N) is 1. The molecule has 1 aromatic carbocycles. The minimum absolute atomic E-state index is 0.0465. The van der Waals surface area contributed by atoms with Gasteiger partial charge in [-0.15, -0.1) is 21.5 Å². The molecule has 13 heteroatoms. The molecule has 5 aromatic rings. The number of hydrogen-bond donors (Lipinski definition) is 2. The summed E-state index contributed by atoms with van der Waals surface area (Å²) >= 11 is 1.15. The zero-order chi connectivity index (χ0) is 23.3. The van der Waals surface area contributed by atoms with Crippen LogP contribution in [0.5, 0.6) is 0 Å². The first-order chi connectivity index (χ1) is 15.8. The van der Waals surface area contributed by atoms with Gasteiger partial charge in [-0.05, 0) is 29.8 Å². The van der Waals surface area contributed by atoms with Gasteiger partial charge in [0, 0.05) is 16.8 Å². The number of furan rings is 1. The Morgan fingerprint density at radius 1 is 1.36 bits per heavy atom. The van der Waals surface area contributed by atoms with Gasteiger partial charge in [-0.25, -0.2) is 9.37 Å². The van der Waals surface area contributed by atoms with E-state index in [1.807, 2.05) is 0 Å². The Hall–Kier alpha value is -3.97. The summed E-state index contributed by atoms with van der Waals surface area (Å²) in [5, 5.41) is 24.8. The summed E-state index contributed by atoms with van der Waals surface area (Å²) in [5.41, 5.74) is 5.80. The number of benzene rings is 1. The Bertz CT molecular complexity index is 1550. The molecule has 3 N–H and O–H groups in total. The third-order valence-corrected chi connectivity index (χ3v) is 6.00. The Kier molecular flexibility index (Phi) is 4.98. The molecule has 0 saturated heterocycles. The van der Waals surface area contributed by atoms with Gasteiger partial charge >= 0.3 is 0 Å². The highest BCUT2D eigenvalue weighted by molar-refractivity contribution is 7.17. The molecule has 0 aliphatic heterocycles. The molecule has 0 aliphatic carbocycles. The van der Waals surface area contributed by atoms with Crippen molar-refractivity contribution in [3.8, 4) is 0 Å². The molecule has 4 heterocycles. The Morgan fingerprint density at radius 2 is 2.18 bits per heavy atom. The van der Waals surface area contributed by atoms with E-state index in [1.54, 1.807) is 19.1 Å². The molecule has 0 saturated carbocycles. The summed E-state index contributed by atoms with van der Waals surface area (Å²) in [6, 6.07) is 4.53. The Balaban J connectivity index is 1.35. The summed E-state index contributed by atoms with van der Waals surface area (Å²) in [6.07, 6.45) is 0.226. The van der Waals surface area contributed by atoms with E-state index in [0.29, 0.717) is 21.4 Å². The standard InChI is InChI=1S/C20H16FN7O4S/c1-9-2-10-3-15(32-14(10)4-12(9)21)13(29)5-28-25-16(24-26-28)6-27-8-23-19-17(20(27)31)11(7-33-19)18(22)30/h2-4,7-8,13,29H,5-6H2,1H3,(H2,22,30)/t13-/m0/s1. The third kappa shape index (κ3) is 3.76. The number of aliphatic hydroxyl groups excluding tert-OH is 1. The Labute approximate surface area is 187 Å². The number of fused-ring (bicyclic) bond motifs is 2. The van der Waals surface area contributed by atoms with Gasteiger partial charge in [0.25, 0.3) is 5.56 Å². The fourth-order valence-electron chi connectivity index (χ4n) is 3.44. The first kappa shape index (κ1) is 20.9. The van der Waals surface area contributed by atoms with Crippen molar-refractivity contribution < 1.29 is 18.7 Å². The van der Waals surface area contributed by atoms with E-state index in [0.717, 1.165) is 16.1 Å². The second-order valence-corrected chi connectivity index (χ2v) is 8.29. The fourth-order valence-corrected chi connectivity index (χ4v) is 4.32. The summed E-state index contributed by atoms with van der Waals surface area (Å²) in [5.74, 6) is -0.673. The quantitative estimate of drug-likeness (QED) is 0.379. The molecule has 0 fully saturated rings. The molecule has 0 radical (unpaired) electrons. The second-order valence-electron chi connectivity index (χ2n) is 7.44. The van der Waals surface area contributed by atoms with Crippen LogP contribution in [0, 0.1) is 12.7 Å². The van der Waals surface area contributed by atoms with Gasteiger partial charge in [-0.2, -0.15) is 4.80 Å². The van der Waals surface area contributed by atoms with Crippen molar-refractivity contribution in [2.75, 3.05) is 0 Å². The van der Waals surface area contributed by atoms with Crippen LogP contribution in [0.3, 0.4) is 0 Å². The number of carbonyl (C=O) groups excluding carboxylic acids is 1. The van der Waals surface area contributed by atoms with Crippen molar-refractivity contribution in [2.24, 2.45) is 5.73 Å². The van der Waals surface area contributed by atoms with Crippen LogP contribution in [-0.2, 0) is 13.1 Å². The number of aryl methyl sites for hydroxylation is 1. The number of aliphatic hydroxyl groups is 1. The molecule has 1 atom stereocenters. The zero-order valence-electron chi connectivity index (χ0n) is 17.1. The van der Waals surface area contributed by atoms with Gasteiger partial charge in [-0.3, -0.25) is 14.2 Å². The summed E-state index contributed by atoms with van der Waals surface area (Å²) in [7, 11) is 0. The Morgan fingerprint density at radius 3 is 2.97 bits per heavy atom. The maximum Gasteiger partial charge on any atom is 0.263 e. The van der Waals surface area contributed by atoms with Gasteiger partial charge < -0.3 is 15.3 Å². The predicted octanol–water partition coefficient (Wildman–Crippen LogP) is 1.52. The summed E-state index contributed by atoms with van der Waals surface area (Å²) in [4.78, 5) is 30.1. The lowest BCUT2D eigenvalue weighted by Gasteiger charge is -2.05. The van der Waals surface area contributed by atoms with E-state index in [4.69, 9.17) is 10.2 Å². The molecule has 0 unspecified atom stereocenters. The third-order valence-electron chi connectivity index (χ3n) is 5.11. The zero-order valence-corrected chi connectivity index (χ0v) is 17.9. The van der Waals surface area contributed by atoms with Gasteiger partial charge in [0.1, 0.15) is 28.1 Å². The molecular formula is C20H16FN7O4S. The number of rotatable bonds is 6. The van der Waals surface area contributed by atoms with Crippen molar-refractivity contribution in [1.82, 2.24) is 29.8 Å². The average molecular weight is 469 g/mol. The number of nitrogens with zero attached hydrogens (tertiary/aromatic N) is 6. The highest BCUT2D eigenvalue weighted by Gasteiger charge is 2.19. The van der Waals surface area contributed by atoms with E-state index >= 15 is 0 Å². The van der Waals surface area contributed by atoms with Gasteiger partial charge in [-0.1, -0.05) is 0 Å². The van der Waals surface area contributed by atoms with E-state index in [1.165, 1.54) is 22.3 Å². The molecule has 1 amide bonds. The molecule has 4 aromatic heterocycles. The number of primary amides is 1. The van der Waals surface area contributed by atoms with Gasteiger partial charge in [0.2, 0.25) is 5.91 Å². The maximum absolute atomic E-state index is 13.7. The first-order valence-corrected chi connectivity index (χ1v) is 10.6. The lowest BCUT2D eigenvalue weighted by molar-refractivity contribution is 0.100. The molecule has 5 rings (SSSR count). The molecule has 11 nitrogen and oxygen atoms in total. The SMILES string of the molecule is Cc1cc2cc([C@@H](O)Cn3nnc(Cn4cnc5scc(C(N)=O)c5c4=O)n3)oc2cc1F. The molecule has 33 heavy (non-hydrogen) atoms. The number of aromatic nitrogens is 6. The van der Waals surface area contributed by atoms with E-state index in [-0.39, 0.29) is 35.6 Å². The minimum Gasteiger partial charge on any atom is -0.458 e. The summed E-state index contributed by atoms with van der Waals surface area (Å²) < 4.78 is 20.5. The van der Waals surface area contributed by atoms with Crippen LogP contribution >= 0.6 is 11.3 Å². The smallest absolute Gasteiger partial charge is 0.263 e. The van der Waals surface area contributed by atoms with Gasteiger partial charge in [0.15, 0.2) is 5.82 Å². The van der Waals surface area contributed by atoms with Crippen LogP contribution in [-0.4, -0.2) is 40.8 Å². The average Bonchev–Trinajstić information content (AvgIpc) is 3.49. The normalized spacial score (nSPS) is 12.6. The topological polar surface area (TPSA) is 155 Å². The number of tetrazole rings is 1. The maximum atomic E-state index is 13.7. The number of hydrogen-bond acceptors (Lipinski definition) is 9. The van der Waals surface area contributed by atoms with E-state index < -0.39 is 23.4 Å². The largest absolute Gasteiger partial charge is 0.458 e. The van der Waals surface area contributed by atoms with Crippen molar-refractivity contribution in [3.05, 3.63) is 68.8 Å². The lowest BCUT2D eigenvalue weighted by Crippen LogP contribution is -2.23. The van der Waals surface area contributed by atoms with Crippen molar-refractivity contribution >= 4 is 38.4 Å². The lowest BCUT2D eigenvalue weighted by atomic mass is 10.1. The highest BCUT2D eigenvalue weighted by atomic mass is 32.1. The van der Waals surface area contributed by atoms with E-state index in [9.17, 15) is 19.1 Å². The van der Waals surface area contributed by atoms with Crippen LogP contribution in [0.4, 0.5) is 4.39 Å². The fraction of sp³-hybridized carbons (Fsp3) is 0.200. The van der Waals surface area contributed by atoms with Crippen molar-refractivity contribution in [3.63, 3.8) is 0 Å². The van der Waals surface area contributed by atoms with Crippen molar-refractivity contribution in [2.45, 2.75) is 26.1 Å². The minimum atomic E-state index is -1.10. The number of thiophene rings is 1. The summed E-state index contributed by atoms with van der Waals surface area (Å²) in [6.45, 7) is 1.52. The number of amides is 1. The van der Waals surface area contributed by atoms with Crippen molar-refractivity contribution in [1.29, 1.82) is 0 Å². The van der Waals surface area contributed by atoms with Crippen LogP contribution in [0.2, 0.25) is 0 Å². The van der Waals surface area contributed by atoms with E-state index in [2.05, 4.69) is 20.4 Å². The van der Waals surface area contributed by atoms with Crippen LogP contribution in [0.1, 0.15) is 33.6 Å². The van der Waals surface area contributed by atoms with Gasteiger partial charge in [0.05, 0.1) is 30.4 Å². The molecule has 0 aliphatic rings. The molecule has 0 bridgehead atoms. The predicted molar refractivity (Wildman–Crippen MR) is 115 cm³/mol. The molecule has 0 spiro atoms.